The summed E-state index contributed by atoms with van der Waals surface area (Å²) in [5, 5.41) is 0. The summed E-state index contributed by atoms with van der Waals surface area (Å²) >= 11 is 0. The van der Waals surface area contributed by atoms with Crippen LogP contribution in [0.25, 0.3) is 0 Å². The summed E-state index contributed by atoms with van der Waals surface area (Å²) in [5.41, 5.74) is 6.28. The van der Waals surface area contributed by atoms with Gasteiger partial charge in [-0.05, 0) is 61.4 Å². The van der Waals surface area contributed by atoms with E-state index in [1.165, 1.54) is 12.8 Å². The van der Waals surface area contributed by atoms with Crippen LogP contribution in [0.15, 0.2) is 24.3 Å². The Morgan fingerprint density at radius 1 is 1.10 bits per heavy atom. The molecule has 0 bridgehead atoms. The van der Waals surface area contributed by atoms with Crippen LogP contribution in [0.2, 0.25) is 0 Å². The third-order valence-electron chi connectivity index (χ3n) is 4.80. The number of rotatable bonds is 4. The molecule has 1 aliphatic carbocycles. The molecule has 0 spiro atoms. The fourth-order valence-electron chi connectivity index (χ4n) is 3.22. The second-order valence-corrected chi connectivity index (χ2v) is 7.20. The number of hydrogen-bond donors (Lipinski definition) is 1. The van der Waals surface area contributed by atoms with Crippen molar-refractivity contribution in [1.29, 1.82) is 0 Å². The van der Waals surface area contributed by atoms with Crippen molar-refractivity contribution >= 4 is 0 Å². The highest BCUT2D eigenvalue weighted by molar-refractivity contribution is 5.31. The minimum absolute atomic E-state index is 0.223. The first-order chi connectivity index (χ1) is 9.94. The summed E-state index contributed by atoms with van der Waals surface area (Å²) in [7, 11) is 1.68. The van der Waals surface area contributed by atoms with E-state index in [0.29, 0.717) is 23.8 Å². The molecule has 3 atom stereocenters. The first kappa shape index (κ1) is 16.2. The molecule has 1 aromatic rings. The normalized spacial score (nSPS) is 26.4. The molecule has 0 saturated heterocycles. The van der Waals surface area contributed by atoms with Gasteiger partial charge < -0.3 is 15.2 Å². The fraction of sp³-hybridized carbons (Fsp3) is 0.667. The smallest absolute Gasteiger partial charge is 0.120 e. The number of nitrogens with two attached hydrogens (primary N) is 1. The van der Waals surface area contributed by atoms with Crippen molar-refractivity contribution in [3.05, 3.63) is 24.3 Å². The highest BCUT2D eigenvalue weighted by Crippen LogP contribution is 2.41. The van der Waals surface area contributed by atoms with Crippen molar-refractivity contribution in [2.75, 3.05) is 13.7 Å². The lowest BCUT2D eigenvalue weighted by atomic mass is 9.68. The van der Waals surface area contributed by atoms with Gasteiger partial charge in [0.1, 0.15) is 17.6 Å². The van der Waals surface area contributed by atoms with Crippen molar-refractivity contribution in [2.45, 2.75) is 46.1 Å². The van der Waals surface area contributed by atoms with Gasteiger partial charge in [-0.1, -0.05) is 20.8 Å². The van der Waals surface area contributed by atoms with E-state index < -0.39 is 0 Å². The van der Waals surface area contributed by atoms with Crippen LogP contribution in [0.4, 0.5) is 0 Å². The van der Waals surface area contributed by atoms with E-state index in [0.717, 1.165) is 17.9 Å². The molecule has 118 valence electrons. The number of methoxy groups -OCH3 is 1. The van der Waals surface area contributed by atoms with E-state index in [9.17, 15) is 0 Å². The zero-order chi connectivity index (χ0) is 15.5. The monoisotopic (exact) mass is 291 g/mol. The highest BCUT2D eigenvalue weighted by atomic mass is 16.5. The molecule has 1 saturated carbocycles. The summed E-state index contributed by atoms with van der Waals surface area (Å²) in [5.74, 6) is 2.93. The van der Waals surface area contributed by atoms with E-state index in [1.54, 1.807) is 7.11 Å². The zero-order valence-electron chi connectivity index (χ0n) is 13.8. The Bertz CT molecular complexity index is 436. The molecule has 21 heavy (non-hydrogen) atoms. The van der Waals surface area contributed by atoms with Crippen LogP contribution in [-0.4, -0.2) is 19.8 Å². The molecule has 2 N–H and O–H groups in total. The molecule has 0 amide bonds. The second-order valence-electron chi connectivity index (χ2n) is 7.20. The van der Waals surface area contributed by atoms with Gasteiger partial charge >= 0.3 is 0 Å². The Kier molecular flexibility index (Phi) is 5.15. The molecule has 3 heteroatoms. The third-order valence-corrected chi connectivity index (χ3v) is 4.80. The van der Waals surface area contributed by atoms with Crippen LogP contribution in [0, 0.1) is 17.3 Å². The van der Waals surface area contributed by atoms with Gasteiger partial charge in [-0.3, -0.25) is 0 Å². The fourth-order valence-corrected chi connectivity index (χ4v) is 3.22. The lowest BCUT2D eigenvalue weighted by molar-refractivity contribution is 0.0331. The number of benzene rings is 1. The minimum Gasteiger partial charge on any atom is -0.497 e. The third kappa shape index (κ3) is 4.13. The standard InChI is InChI=1S/C18H29NO2/c1-18(2,3)14-6-5-13(12-19)17(11-14)21-16-9-7-15(20-4)8-10-16/h7-10,13-14,17H,5-6,11-12,19H2,1-4H3. The Morgan fingerprint density at radius 3 is 2.24 bits per heavy atom. The quantitative estimate of drug-likeness (QED) is 0.916. The Hall–Kier alpha value is -1.22. The molecular formula is C18H29NO2. The van der Waals surface area contributed by atoms with Crippen molar-refractivity contribution in [1.82, 2.24) is 0 Å². The van der Waals surface area contributed by atoms with E-state index in [2.05, 4.69) is 20.8 Å². The van der Waals surface area contributed by atoms with Crippen LogP contribution in [0.5, 0.6) is 11.5 Å². The largest absolute Gasteiger partial charge is 0.497 e. The average molecular weight is 291 g/mol. The van der Waals surface area contributed by atoms with Crippen molar-refractivity contribution in [3.8, 4) is 11.5 Å². The molecule has 2 rings (SSSR count). The molecule has 0 aromatic heterocycles. The summed E-state index contributed by atoms with van der Waals surface area (Å²) in [6, 6.07) is 7.84. The molecule has 1 fully saturated rings. The lowest BCUT2D eigenvalue weighted by Crippen LogP contribution is -2.41. The Morgan fingerprint density at radius 2 is 1.71 bits per heavy atom. The van der Waals surface area contributed by atoms with Crippen LogP contribution in [-0.2, 0) is 0 Å². The van der Waals surface area contributed by atoms with Crippen LogP contribution < -0.4 is 15.2 Å². The summed E-state index contributed by atoms with van der Waals surface area (Å²) < 4.78 is 11.4. The molecule has 0 aliphatic heterocycles. The van der Waals surface area contributed by atoms with Gasteiger partial charge in [0.25, 0.3) is 0 Å². The van der Waals surface area contributed by atoms with E-state index in [1.807, 2.05) is 24.3 Å². The minimum atomic E-state index is 0.223. The average Bonchev–Trinajstić information content (AvgIpc) is 2.47. The predicted octanol–water partition coefficient (Wildman–Crippen LogP) is 3.86. The van der Waals surface area contributed by atoms with Gasteiger partial charge in [-0.25, -0.2) is 0 Å². The van der Waals surface area contributed by atoms with E-state index in [4.69, 9.17) is 15.2 Å². The van der Waals surface area contributed by atoms with Gasteiger partial charge in [0.15, 0.2) is 0 Å². The number of ether oxygens (including phenoxy) is 2. The molecular weight excluding hydrogens is 262 g/mol. The molecule has 1 aliphatic rings. The van der Waals surface area contributed by atoms with E-state index >= 15 is 0 Å². The summed E-state index contributed by atoms with van der Waals surface area (Å²) in [4.78, 5) is 0. The van der Waals surface area contributed by atoms with Gasteiger partial charge in [0.05, 0.1) is 7.11 Å². The molecule has 1 aromatic carbocycles. The second kappa shape index (κ2) is 6.69. The predicted molar refractivity (Wildman–Crippen MR) is 86.8 cm³/mol. The van der Waals surface area contributed by atoms with Gasteiger partial charge in [0.2, 0.25) is 0 Å². The first-order valence-electron chi connectivity index (χ1n) is 7.95. The maximum absolute atomic E-state index is 6.25. The number of hydrogen-bond acceptors (Lipinski definition) is 3. The van der Waals surface area contributed by atoms with Crippen molar-refractivity contribution in [3.63, 3.8) is 0 Å². The van der Waals surface area contributed by atoms with Crippen LogP contribution in [0.1, 0.15) is 40.0 Å². The van der Waals surface area contributed by atoms with E-state index in [-0.39, 0.29) is 6.10 Å². The Labute approximate surface area is 128 Å². The molecule has 0 radical (unpaired) electrons. The molecule has 3 nitrogen and oxygen atoms in total. The topological polar surface area (TPSA) is 44.5 Å². The summed E-state index contributed by atoms with van der Waals surface area (Å²) in [6.07, 6.45) is 3.74. The van der Waals surface area contributed by atoms with Gasteiger partial charge in [0, 0.05) is 5.92 Å². The maximum Gasteiger partial charge on any atom is 0.120 e. The van der Waals surface area contributed by atoms with Crippen molar-refractivity contribution in [2.24, 2.45) is 23.0 Å². The maximum atomic E-state index is 6.25. The van der Waals surface area contributed by atoms with Gasteiger partial charge in [-0.2, -0.15) is 0 Å². The van der Waals surface area contributed by atoms with Crippen LogP contribution in [0.3, 0.4) is 0 Å². The summed E-state index contributed by atoms with van der Waals surface area (Å²) in [6.45, 7) is 7.68. The van der Waals surface area contributed by atoms with Crippen LogP contribution >= 0.6 is 0 Å². The molecule has 3 unspecified atom stereocenters. The first-order valence-corrected chi connectivity index (χ1v) is 7.95. The highest BCUT2D eigenvalue weighted by Gasteiger charge is 2.36. The SMILES string of the molecule is COc1ccc(OC2CC(C(C)(C)C)CCC2CN)cc1. The molecule has 0 heterocycles. The van der Waals surface area contributed by atoms with Gasteiger partial charge in [-0.15, -0.1) is 0 Å². The Balaban J connectivity index is 2.06. The zero-order valence-corrected chi connectivity index (χ0v) is 13.8. The lowest BCUT2D eigenvalue weighted by Gasteiger charge is -2.41. The van der Waals surface area contributed by atoms with Crippen molar-refractivity contribution < 1.29 is 9.47 Å².